The number of aryl methyl sites for hydroxylation is 1. The molecule has 0 aliphatic rings. The summed E-state index contributed by atoms with van der Waals surface area (Å²) in [6.45, 7) is 12.0. The van der Waals surface area contributed by atoms with Crippen LogP contribution in [0.4, 0.5) is 17.5 Å². The number of ether oxygens (including phenoxy) is 2. The van der Waals surface area contributed by atoms with Crippen LogP contribution in [0, 0.1) is 6.92 Å². The second-order valence-corrected chi connectivity index (χ2v) is 8.10. The molecule has 0 bridgehead atoms. The topological polar surface area (TPSA) is 50.7 Å². The SMILES string of the molecule is CCN(c1nc(C)cc(N(CCOC)CCOC)n1)c1ccc(C(C)C)cc1Br. The van der Waals surface area contributed by atoms with E-state index in [1.54, 1.807) is 14.2 Å². The van der Waals surface area contributed by atoms with E-state index in [2.05, 4.69) is 64.7 Å². The molecular formula is C22H33BrN4O2. The van der Waals surface area contributed by atoms with Gasteiger partial charge in [-0.2, -0.15) is 4.98 Å². The Morgan fingerprint density at radius 3 is 2.21 bits per heavy atom. The van der Waals surface area contributed by atoms with Crippen LogP contribution in [0.25, 0.3) is 0 Å². The summed E-state index contributed by atoms with van der Waals surface area (Å²) in [6.07, 6.45) is 0. The molecule has 0 saturated carbocycles. The highest BCUT2D eigenvalue weighted by Gasteiger charge is 2.18. The monoisotopic (exact) mass is 464 g/mol. The fraction of sp³-hybridized carbons (Fsp3) is 0.545. The van der Waals surface area contributed by atoms with E-state index >= 15 is 0 Å². The first-order valence-corrected chi connectivity index (χ1v) is 10.9. The molecule has 2 aromatic rings. The number of hydrogen-bond acceptors (Lipinski definition) is 6. The first-order chi connectivity index (χ1) is 13.9. The van der Waals surface area contributed by atoms with Crippen LogP contribution in [-0.4, -0.2) is 57.0 Å². The van der Waals surface area contributed by atoms with Crippen molar-refractivity contribution in [3.63, 3.8) is 0 Å². The Kier molecular flexibility index (Phi) is 9.33. The number of rotatable bonds is 11. The quantitative estimate of drug-likeness (QED) is 0.469. The van der Waals surface area contributed by atoms with Gasteiger partial charge in [0.05, 0.1) is 18.9 Å². The zero-order chi connectivity index (χ0) is 21.4. The first-order valence-electron chi connectivity index (χ1n) is 10.1. The summed E-state index contributed by atoms with van der Waals surface area (Å²) in [5.41, 5.74) is 3.29. The molecule has 160 valence electrons. The molecule has 2 rings (SSSR count). The summed E-state index contributed by atoms with van der Waals surface area (Å²) < 4.78 is 11.6. The van der Waals surface area contributed by atoms with Gasteiger partial charge >= 0.3 is 0 Å². The van der Waals surface area contributed by atoms with E-state index in [1.165, 1.54) is 5.56 Å². The molecule has 0 aliphatic carbocycles. The minimum Gasteiger partial charge on any atom is -0.383 e. The van der Waals surface area contributed by atoms with Crippen LogP contribution < -0.4 is 9.80 Å². The summed E-state index contributed by atoms with van der Waals surface area (Å²) in [6, 6.07) is 8.51. The average Bonchev–Trinajstić information content (AvgIpc) is 2.69. The number of nitrogens with zero attached hydrogens (tertiary/aromatic N) is 4. The molecule has 0 amide bonds. The highest BCUT2D eigenvalue weighted by atomic mass is 79.9. The standard InChI is InChI=1S/C22H33BrN4O2/c1-7-27(20-9-8-18(16(2)3)15-19(20)23)22-24-17(4)14-21(25-22)26(10-12-28-5)11-13-29-6/h8-9,14-16H,7,10-13H2,1-6H3. The molecule has 1 aromatic heterocycles. The maximum absolute atomic E-state index is 5.28. The number of aromatic nitrogens is 2. The van der Waals surface area contributed by atoms with Gasteiger partial charge in [0.2, 0.25) is 5.95 Å². The van der Waals surface area contributed by atoms with Crippen molar-refractivity contribution in [3.8, 4) is 0 Å². The third-order valence-electron chi connectivity index (χ3n) is 4.77. The van der Waals surface area contributed by atoms with Gasteiger partial charge in [-0.05, 0) is 53.4 Å². The molecule has 0 N–H and O–H groups in total. The van der Waals surface area contributed by atoms with Crippen LogP contribution in [0.2, 0.25) is 0 Å². The van der Waals surface area contributed by atoms with Crippen molar-refractivity contribution in [2.24, 2.45) is 0 Å². The molecular weight excluding hydrogens is 432 g/mol. The van der Waals surface area contributed by atoms with E-state index in [0.717, 1.165) is 41.3 Å². The molecule has 0 unspecified atom stereocenters. The Labute approximate surface area is 183 Å². The average molecular weight is 465 g/mol. The maximum atomic E-state index is 5.28. The fourth-order valence-corrected chi connectivity index (χ4v) is 3.69. The van der Waals surface area contributed by atoms with Gasteiger partial charge in [-0.3, -0.25) is 0 Å². The van der Waals surface area contributed by atoms with Crippen molar-refractivity contribution in [3.05, 3.63) is 40.0 Å². The van der Waals surface area contributed by atoms with Crippen LogP contribution in [0.15, 0.2) is 28.7 Å². The third-order valence-corrected chi connectivity index (χ3v) is 5.41. The van der Waals surface area contributed by atoms with Crippen molar-refractivity contribution < 1.29 is 9.47 Å². The van der Waals surface area contributed by atoms with E-state index in [0.29, 0.717) is 25.1 Å². The van der Waals surface area contributed by atoms with Gasteiger partial charge in [-0.25, -0.2) is 4.98 Å². The van der Waals surface area contributed by atoms with Crippen LogP contribution in [-0.2, 0) is 9.47 Å². The normalized spacial score (nSPS) is 11.2. The summed E-state index contributed by atoms with van der Waals surface area (Å²) in [4.78, 5) is 13.9. The van der Waals surface area contributed by atoms with Crippen molar-refractivity contribution in [1.82, 2.24) is 9.97 Å². The van der Waals surface area contributed by atoms with Crippen LogP contribution in [0.1, 0.15) is 37.9 Å². The smallest absolute Gasteiger partial charge is 0.232 e. The molecule has 1 aromatic carbocycles. The van der Waals surface area contributed by atoms with Crippen molar-refractivity contribution in [2.75, 3.05) is 56.9 Å². The highest BCUT2D eigenvalue weighted by Crippen LogP contribution is 2.33. The number of anilines is 3. The molecule has 0 fully saturated rings. The van der Waals surface area contributed by atoms with E-state index in [-0.39, 0.29) is 0 Å². The number of benzene rings is 1. The van der Waals surface area contributed by atoms with Crippen molar-refractivity contribution in [1.29, 1.82) is 0 Å². The predicted molar refractivity (Wildman–Crippen MR) is 124 cm³/mol. The van der Waals surface area contributed by atoms with E-state index in [4.69, 9.17) is 19.4 Å². The van der Waals surface area contributed by atoms with Gasteiger partial charge in [0, 0.05) is 50.1 Å². The van der Waals surface area contributed by atoms with Gasteiger partial charge in [-0.15, -0.1) is 0 Å². The summed E-state index contributed by atoms with van der Waals surface area (Å²) in [5.74, 6) is 2.06. The maximum Gasteiger partial charge on any atom is 0.232 e. The lowest BCUT2D eigenvalue weighted by molar-refractivity contribution is 0.190. The number of hydrogen-bond donors (Lipinski definition) is 0. The highest BCUT2D eigenvalue weighted by molar-refractivity contribution is 9.10. The second-order valence-electron chi connectivity index (χ2n) is 7.25. The Morgan fingerprint density at radius 1 is 1.03 bits per heavy atom. The molecule has 1 heterocycles. The fourth-order valence-electron chi connectivity index (χ4n) is 3.08. The predicted octanol–water partition coefficient (Wildman–Crippen LogP) is 4.93. The van der Waals surface area contributed by atoms with Crippen molar-refractivity contribution in [2.45, 2.75) is 33.6 Å². The molecule has 0 spiro atoms. The van der Waals surface area contributed by atoms with E-state index in [9.17, 15) is 0 Å². The minimum absolute atomic E-state index is 0.479. The van der Waals surface area contributed by atoms with E-state index in [1.807, 2.05) is 13.0 Å². The van der Waals surface area contributed by atoms with Gasteiger partial charge in [0.1, 0.15) is 5.82 Å². The first kappa shape index (κ1) is 23.6. The Balaban J connectivity index is 2.41. The zero-order valence-electron chi connectivity index (χ0n) is 18.4. The number of methoxy groups -OCH3 is 2. The zero-order valence-corrected chi connectivity index (χ0v) is 20.0. The largest absolute Gasteiger partial charge is 0.383 e. The van der Waals surface area contributed by atoms with Crippen LogP contribution >= 0.6 is 15.9 Å². The summed E-state index contributed by atoms with van der Waals surface area (Å²) in [5, 5.41) is 0. The Bertz CT molecular complexity index is 777. The lowest BCUT2D eigenvalue weighted by Gasteiger charge is -2.27. The van der Waals surface area contributed by atoms with Gasteiger partial charge in [-0.1, -0.05) is 19.9 Å². The molecule has 0 radical (unpaired) electrons. The van der Waals surface area contributed by atoms with Crippen LogP contribution in [0.3, 0.4) is 0 Å². The van der Waals surface area contributed by atoms with Gasteiger partial charge in [0.15, 0.2) is 0 Å². The van der Waals surface area contributed by atoms with Crippen molar-refractivity contribution >= 4 is 33.4 Å². The minimum atomic E-state index is 0.479. The lowest BCUT2D eigenvalue weighted by Crippen LogP contribution is -2.32. The van der Waals surface area contributed by atoms with Gasteiger partial charge < -0.3 is 19.3 Å². The third kappa shape index (κ3) is 6.39. The lowest BCUT2D eigenvalue weighted by atomic mass is 10.0. The Morgan fingerprint density at radius 2 is 1.69 bits per heavy atom. The van der Waals surface area contributed by atoms with Crippen LogP contribution in [0.5, 0.6) is 0 Å². The van der Waals surface area contributed by atoms with E-state index < -0.39 is 0 Å². The molecule has 0 aliphatic heterocycles. The molecule has 6 nitrogen and oxygen atoms in total. The molecule has 0 saturated heterocycles. The summed E-state index contributed by atoms with van der Waals surface area (Å²) >= 11 is 3.75. The molecule has 0 atom stereocenters. The summed E-state index contributed by atoms with van der Waals surface area (Å²) in [7, 11) is 3.42. The molecule has 7 heteroatoms. The number of halogens is 1. The molecule has 29 heavy (non-hydrogen) atoms. The van der Waals surface area contributed by atoms with Gasteiger partial charge in [0.25, 0.3) is 0 Å². The second kappa shape index (κ2) is 11.5. The Hall–Kier alpha value is -1.70.